The molecule has 106 valence electrons. The maximum Gasteiger partial charge on any atom is 0.328 e. The quantitative estimate of drug-likeness (QED) is 0.659. The normalized spacial score (nSPS) is 11.4. The van der Waals surface area contributed by atoms with Crippen LogP contribution in [0.2, 0.25) is 0 Å². The molecule has 19 heavy (non-hydrogen) atoms. The van der Waals surface area contributed by atoms with E-state index in [-0.39, 0.29) is 21.1 Å². The summed E-state index contributed by atoms with van der Waals surface area (Å²) in [7, 11) is -4.04. The molecule has 9 heteroatoms. The molecule has 1 rings (SSSR count). The number of nitrogen functional groups attached to an aromatic ring is 1. The predicted octanol–water partition coefficient (Wildman–Crippen LogP) is 2.19. The zero-order valence-electron chi connectivity index (χ0n) is 10.2. The molecule has 0 saturated carbocycles. The van der Waals surface area contributed by atoms with Crippen molar-refractivity contribution in [2.45, 2.75) is 24.8 Å². The number of carbonyl (C=O) groups excluding carboxylic acids is 1. The largest absolute Gasteiger partial charge is 0.398 e. The zero-order chi connectivity index (χ0) is 14.8. The number of rotatable bonds is 3. The van der Waals surface area contributed by atoms with E-state index in [0.29, 0.717) is 4.47 Å². The van der Waals surface area contributed by atoms with Crippen LogP contribution >= 0.6 is 31.9 Å². The third-order valence-corrected chi connectivity index (χ3v) is 4.75. The maximum atomic E-state index is 12.1. The fourth-order valence-electron chi connectivity index (χ4n) is 1.33. The van der Waals surface area contributed by atoms with Gasteiger partial charge in [-0.05, 0) is 41.9 Å². The van der Waals surface area contributed by atoms with Crippen molar-refractivity contribution in [3.05, 3.63) is 21.1 Å². The zero-order valence-corrected chi connectivity index (χ0v) is 14.2. The molecule has 0 bridgehead atoms. The fraction of sp³-hybridized carbons (Fsp3) is 0.300. The number of carbonyl (C=O) groups is 1. The molecule has 0 aromatic heterocycles. The number of urea groups is 1. The minimum Gasteiger partial charge on any atom is -0.398 e. The average Bonchev–Trinajstić information content (AvgIpc) is 2.10. The number of halogens is 2. The number of benzene rings is 1. The summed E-state index contributed by atoms with van der Waals surface area (Å²) in [5, 5.41) is 2.42. The molecule has 0 atom stereocenters. The molecule has 4 N–H and O–H groups in total. The van der Waals surface area contributed by atoms with E-state index < -0.39 is 16.1 Å². The van der Waals surface area contributed by atoms with Gasteiger partial charge >= 0.3 is 6.03 Å². The smallest absolute Gasteiger partial charge is 0.328 e. The van der Waals surface area contributed by atoms with E-state index in [1.807, 2.05) is 4.72 Å². The Morgan fingerprint density at radius 2 is 1.89 bits per heavy atom. The highest BCUT2D eigenvalue weighted by Crippen LogP contribution is 2.31. The summed E-state index contributed by atoms with van der Waals surface area (Å²) < 4.78 is 27.0. The molecule has 0 saturated heterocycles. The highest BCUT2D eigenvalue weighted by molar-refractivity contribution is 9.11. The number of hydrogen-bond donors (Lipinski definition) is 3. The molecule has 0 unspecified atom stereocenters. The second-order valence-electron chi connectivity index (χ2n) is 4.04. The van der Waals surface area contributed by atoms with Gasteiger partial charge in [-0.2, -0.15) is 0 Å². The monoisotopic (exact) mass is 413 g/mol. The molecular formula is C10H13Br2N3O3S. The number of hydrogen-bond acceptors (Lipinski definition) is 4. The average molecular weight is 415 g/mol. The highest BCUT2D eigenvalue weighted by Gasteiger charge is 2.24. The van der Waals surface area contributed by atoms with E-state index in [0.717, 1.165) is 0 Å². The van der Waals surface area contributed by atoms with Crippen LogP contribution in [0, 0.1) is 0 Å². The standard InChI is InChI=1S/C10H13Br2N3O3S/c1-5(2)14-10(16)15-19(17,18)9-7(12)3-6(11)4-8(9)13/h3-5H,13H2,1-2H3,(H2,14,15,16). The summed E-state index contributed by atoms with van der Waals surface area (Å²) in [6, 6.07) is 2.00. The Morgan fingerprint density at radius 3 is 2.37 bits per heavy atom. The van der Waals surface area contributed by atoms with Crippen LogP contribution in [0.15, 0.2) is 26.0 Å². The summed E-state index contributed by atoms with van der Waals surface area (Å²) in [4.78, 5) is 11.3. The van der Waals surface area contributed by atoms with Gasteiger partial charge in [0.05, 0.1) is 5.69 Å². The second kappa shape index (κ2) is 6.10. The minimum atomic E-state index is -4.04. The van der Waals surface area contributed by atoms with Crippen molar-refractivity contribution in [3.8, 4) is 0 Å². The molecule has 2 amide bonds. The van der Waals surface area contributed by atoms with Crippen molar-refractivity contribution in [1.82, 2.24) is 10.0 Å². The van der Waals surface area contributed by atoms with Gasteiger partial charge in [0, 0.05) is 15.0 Å². The first-order valence-electron chi connectivity index (χ1n) is 5.21. The summed E-state index contributed by atoms with van der Waals surface area (Å²) in [5.74, 6) is 0. The molecule has 0 aliphatic heterocycles. The molecule has 0 aliphatic rings. The Hall–Kier alpha value is -0.800. The van der Waals surface area contributed by atoms with Gasteiger partial charge in [0.2, 0.25) is 0 Å². The number of nitrogens with two attached hydrogens (primary N) is 1. The second-order valence-corrected chi connectivity index (χ2v) is 7.43. The Balaban J connectivity index is 3.12. The van der Waals surface area contributed by atoms with Gasteiger partial charge in [-0.3, -0.25) is 0 Å². The van der Waals surface area contributed by atoms with Crippen LogP contribution in [0.3, 0.4) is 0 Å². The number of anilines is 1. The molecule has 0 aliphatic carbocycles. The van der Waals surface area contributed by atoms with Gasteiger partial charge in [-0.1, -0.05) is 15.9 Å². The fourth-order valence-corrected chi connectivity index (χ4v) is 4.32. The van der Waals surface area contributed by atoms with Gasteiger partial charge in [-0.15, -0.1) is 0 Å². The highest BCUT2D eigenvalue weighted by atomic mass is 79.9. The molecule has 6 nitrogen and oxygen atoms in total. The van der Waals surface area contributed by atoms with Crippen LogP contribution < -0.4 is 15.8 Å². The molecule has 1 aromatic carbocycles. The maximum absolute atomic E-state index is 12.1. The van der Waals surface area contributed by atoms with Crippen LogP contribution in [0.5, 0.6) is 0 Å². The van der Waals surface area contributed by atoms with E-state index in [1.165, 1.54) is 12.1 Å². The van der Waals surface area contributed by atoms with E-state index in [9.17, 15) is 13.2 Å². The van der Waals surface area contributed by atoms with Crippen molar-refractivity contribution in [2.24, 2.45) is 0 Å². The minimum absolute atomic E-state index is 0.0334. The molecule has 0 heterocycles. The summed E-state index contributed by atoms with van der Waals surface area (Å²) in [6.45, 7) is 3.44. The number of nitrogens with one attached hydrogen (secondary N) is 2. The molecule has 0 radical (unpaired) electrons. The molecule has 1 aromatic rings. The van der Waals surface area contributed by atoms with Crippen molar-refractivity contribution in [2.75, 3.05) is 5.73 Å². The van der Waals surface area contributed by atoms with E-state index in [1.54, 1.807) is 13.8 Å². The Kier molecular flexibility index (Phi) is 5.22. The van der Waals surface area contributed by atoms with Gasteiger partial charge in [0.15, 0.2) is 0 Å². The van der Waals surface area contributed by atoms with E-state index >= 15 is 0 Å². The topological polar surface area (TPSA) is 101 Å². The van der Waals surface area contributed by atoms with Crippen LogP contribution in [0.4, 0.5) is 10.5 Å². The molecule has 0 spiro atoms. The van der Waals surface area contributed by atoms with Crippen LogP contribution in [0.25, 0.3) is 0 Å². The number of sulfonamides is 1. The summed E-state index contributed by atoms with van der Waals surface area (Å²) in [6.07, 6.45) is 0. The van der Waals surface area contributed by atoms with Crippen LogP contribution in [0.1, 0.15) is 13.8 Å². The van der Waals surface area contributed by atoms with Crippen molar-refractivity contribution in [3.63, 3.8) is 0 Å². The molecular weight excluding hydrogens is 402 g/mol. The lowest BCUT2D eigenvalue weighted by Gasteiger charge is -2.13. The van der Waals surface area contributed by atoms with Crippen LogP contribution in [-0.2, 0) is 10.0 Å². The number of amides is 2. The van der Waals surface area contributed by atoms with Gasteiger partial charge in [0.25, 0.3) is 10.0 Å². The van der Waals surface area contributed by atoms with Crippen molar-refractivity contribution < 1.29 is 13.2 Å². The van der Waals surface area contributed by atoms with E-state index in [4.69, 9.17) is 5.73 Å². The first-order chi connectivity index (χ1) is 8.63. The lowest BCUT2D eigenvalue weighted by Crippen LogP contribution is -2.42. The molecule has 0 fully saturated rings. The predicted molar refractivity (Wildman–Crippen MR) is 80.2 cm³/mol. The third kappa shape index (κ3) is 4.36. The lowest BCUT2D eigenvalue weighted by molar-refractivity contribution is 0.243. The summed E-state index contributed by atoms with van der Waals surface area (Å²) in [5.41, 5.74) is 5.71. The van der Waals surface area contributed by atoms with Crippen molar-refractivity contribution in [1.29, 1.82) is 0 Å². The van der Waals surface area contributed by atoms with Crippen molar-refractivity contribution >= 4 is 53.6 Å². The summed E-state index contributed by atoms with van der Waals surface area (Å²) >= 11 is 6.31. The lowest BCUT2D eigenvalue weighted by atomic mass is 10.3. The van der Waals surface area contributed by atoms with Gasteiger partial charge in [-0.25, -0.2) is 17.9 Å². The Bertz CT molecular complexity index is 579. The van der Waals surface area contributed by atoms with E-state index in [2.05, 4.69) is 37.2 Å². The third-order valence-electron chi connectivity index (χ3n) is 1.95. The Labute approximate surface area is 128 Å². The van der Waals surface area contributed by atoms with Crippen LogP contribution in [-0.4, -0.2) is 20.5 Å². The van der Waals surface area contributed by atoms with Gasteiger partial charge < -0.3 is 11.1 Å². The SMILES string of the molecule is CC(C)NC(=O)NS(=O)(=O)c1c(N)cc(Br)cc1Br. The van der Waals surface area contributed by atoms with Gasteiger partial charge in [0.1, 0.15) is 4.90 Å². The Morgan fingerprint density at radius 1 is 1.32 bits per heavy atom. The first-order valence-corrected chi connectivity index (χ1v) is 8.28. The first kappa shape index (κ1) is 16.3.